The van der Waals surface area contributed by atoms with Crippen LogP contribution >= 0.6 is 0 Å². The molecule has 1 atom stereocenters. The molecule has 18 heavy (non-hydrogen) atoms. The van der Waals surface area contributed by atoms with Crippen LogP contribution in [0.2, 0.25) is 0 Å². The van der Waals surface area contributed by atoms with Gasteiger partial charge < -0.3 is 14.8 Å². The molecule has 0 bridgehead atoms. The molecule has 0 saturated carbocycles. The molecule has 1 N–H and O–H groups in total. The highest BCUT2D eigenvalue weighted by Crippen LogP contribution is 2.18. The summed E-state index contributed by atoms with van der Waals surface area (Å²) in [4.78, 5) is 0. The number of nitrogens with one attached hydrogen (secondary N) is 1. The van der Waals surface area contributed by atoms with Crippen molar-refractivity contribution in [2.45, 2.75) is 19.2 Å². The van der Waals surface area contributed by atoms with Crippen molar-refractivity contribution in [3.63, 3.8) is 0 Å². The van der Waals surface area contributed by atoms with Gasteiger partial charge in [0, 0.05) is 6.54 Å². The van der Waals surface area contributed by atoms with E-state index in [0.717, 1.165) is 0 Å². The number of alkyl halides is 3. The highest BCUT2D eigenvalue weighted by atomic mass is 19.4. The van der Waals surface area contributed by atoms with Gasteiger partial charge in [0.05, 0.1) is 13.7 Å². The summed E-state index contributed by atoms with van der Waals surface area (Å²) in [7, 11) is 1.56. The molecule has 6 heteroatoms. The van der Waals surface area contributed by atoms with E-state index in [1.165, 1.54) is 0 Å². The zero-order valence-corrected chi connectivity index (χ0v) is 10.3. The number of rotatable bonds is 6. The van der Waals surface area contributed by atoms with Gasteiger partial charge in [-0.05, 0) is 31.2 Å². The van der Waals surface area contributed by atoms with Crippen molar-refractivity contribution < 1.29 is 22.6 Å². The fourth-order valence-corrected chi connectivity index (χ4v) is 1.35. The van der Waals surface area contributed by atoms with E-state index in [2.05, 4.69) is 5.32 Å². The Morgan fingerprint density at radius 1 is 1.17 bits per heavy atom. The molecule has 1 aromatic carbocycles. The standard InChI is InChI=1S/C12H16F3NO2/c1-9(7-16-8-12(13,14)15)18-11-5-3-10(17-2)4-6-11/h3-6,9,16H,7-8H2,1-2H3. The van der Waals surface area contributed by atoms with Crippen LogP contribution < -0.4 is 14.8 Å². The molecule has 0 saturated heterocycles. The van der Waals surface area contributed by atoms with Gasteiger partial charge in [-0.2, -0.15) is 13.2 Å². The SMILES string of the molecule is COc1ccc(OC(C)CNCC(F)(F)F)cc1. The third kappa shape index (κ3) is 5.77. The Hall–Kier alpha value is -1.43. The molecule has 1 rings (SSSR count). The van der Waals surface area contributed by atoms with Crippen molar-refractivity contribution in [3.8, 4) is 11.5 Å². The van der Waals surface area contributed by atoms with E-state index in [-0.39, 0.29) is 12.6 Å². The smallest absolute Gasteiger partial charge is 0.401 e. The Morgan fingerprint density at radius 3 is 2.22 bits per heavy atom. The van der Waals surface area contributed by atoms with Crippen LogP contribution in [0.4, 0.5) is 13.2 Å². The molecule has 0 fully saturated rings. The summed E-state index contributed by atoms with van der Waals surface area (Å²) >= 11 is 0. The van der Waals surface area contributed by atoms with E-state index in [1.807, 2.05) is 0 Å². The predicted octanol–water partition coefficient (Wildman–Crippen LogP) is 2.61. The molecule has 0 aliphatic heterocycles. The van der Waals surface area contributed by atoms with Crippen molar-refractivity contribution in [2.75, 3.05) is 20.2 Å². The van der Waals surface area contributed by atoms with Crippen LogP contribution in [0.5, 0.6) is 11.5 Å². The average Bonchev–Trinajstić information content (AvgIpc) is 2.28. The van der Waals surface area contributed by atoms with Crippen molar-refractivity contribution in [1.29, 1.82) is 0 Å². The normalized spacial score (nSPS) is 13.2. The molecule has 102 valence electrons. The van der Waals surface area contributed by atoms with Gasteiger partial charge in [-0.1, -0.05) is 0 Å². The summed E-state index contributed by atoms with van der Waals surface area (Å²) in [6, 6.07) is 6.87. The lowest BCUT2D eigenvalue weighted by Gasteiger charge is -2.16. The Bertz CT molecular complexity index is 351. The number of halogens is 3. The molecule has 0 heterocycles. The quantitative estimate of drug-likeness (QED) is 0.855. The second-order valence-electron chi connectivity index (χ2n) is 3.85. The van der Waals surface area contributed by atoms with Crippen molar-refractivity contribution in [2.24, 2.45) is 0 Å². The van der Waals surface area contributed by atoms with Crippen LogP contribution in [0.15, 0.2) is 24.3 Å². The minimum absolute atomic E-state index is 0.130. The monoisotopic (exact) mass is 263 g/mol. The lowest BCUT2D eigenvalue weighted by molar-refractivity contribution is -0.125. The van der Waals surface area contributed by atoms with Crippen LogP contribution in [0.25, 0.3) is 0 Å². The molecule has 0 aromatic heterocycles. The van der Waals surface area contributed by atoms with Crippen molar-refractivity contribution >= 4 is 0 Å². The summed E-state index contributed by atoms with van der Waals surface area (Å²) in [5.74, 6) is 1.29. The molecular formula is C12H16F3NO2. The van der Waals surface area contributed by atoms with Gasteiger partial charge in [0.15, 0.2) is 0 Å². The molecule has 1 aromatic rings. The zero-order chi connectivity index (χ0) is 13.6. The number of hydrogen-bond donors (Lipinski definition) is 1. The van der Waals surface area contributed by atoms with Gasteiger partial charge in [-0.3, -0.25) is 0 Å². The lowest BCUT2D eigenvalue weighted by Crippen LogP contribution is -2.35. The summed E-state index contributed by atoms with van der Waals surface area (Å²) < 4.78 is 46.1. The fraction of sp³-hybridized carbons (Fsp3) is 0.500. The predicted molar refractivity (Wildman–Crippen MR) is 62.0 cm³/mol. The first-order valence-electron chi connectivity index (χ1n) is 5.49. The van der Waals surface area contributed by atoms with Gasteiger partial charge in [0.2, 0.25) is 0 Å². The molecule has 3 nitrogen and oxygen atoms in total. The zero-order valence-electron chi connectivity index (χ0n) is 10.3. The molecule has 0 aliphatic carbocycles. The maximum Gasteiger partial charge on any atom is 0.401 e. The molecular weight excluding hydrogens is 247 g/mol. The third-order valence-electron chi connectivity index (χ3n) is 2.15. The van der Waals surface area contributed by atoms with E-state index in [4.69, 9.17) is 9.47 Å². The van der Waals surface area contributed by atoms with E-state index in [9.17, 15) is 13.2 Å². The Balaban J connectivity index is 2.32. The minimum atomic E-state index is -4.19. The Kier molecular flexibility index (Phi) is 5.27. The first-order valence-corrected chi connectivity index (χ1v) is 5.49. The van der Waals surface area contributed by atoms with E-state index < -0.39 is 12.7 Å². The first-order chi connectivity index (χ1) is 8.40. The third-order valence-corrected chi connectivity index (χ3v) is 2.15. The second kappa shape index (κ2) is 6.49. The average molecular weight is 263 g/mol. The molecule has 0 amide bonds. The van der Waals surface area contributed by atoms with E-state index in [1.54, 1.807) is 38.3 Å². The second-order valence-corrected chi connectivity index (χ2v) is 3.85. The Morgan fingerprint density at radius 2 is 1.72 bits per heavy atom. The molecule has 0 spiro atoms. The van der Waals surface area contributed by atoms with Gasteiger partial charge in [-0.15, -0.1) is 0 Å². The van der Waals surface area contributed by atoms with Crippen LogP contribution in [0.3, 0.4) is 0 Å². The number of ether oxygens (including phenoxy) is 2. The first kappa shape index (κ1) is 14.6. The lowest BCUT2D eigenvalue weighted by atomic mass is 10.3. The van der Waals surface area contributed by atoms with Crippen molar-refractivity contribution in [3.05, 3.63) is 24.3 Å². The minimum Gasteiger partial charge on any atom is -0.497 e. The maximum absolute atomic E-state index is 11.9. The topological polar surface area (TPSA) is 30.5 Å². The summed E-state index contributed by atoms with van der Waals surface area (Å²) in [6.45, 7) is 0.822. The van der Waals surface area contributed by atoms with Crippen LogP contribution in [0, 0.1) is 0 Å². The fourth-order valence-electron chi connectivity index (χ4n) is 1.35. The highest BCUT2D eigenvalue weighted by molar-refractivity contribution is 5.31. The van der Waals surface area contributed by atoms with Gasteiger partial charge in [0.1, 0.15) is 17.6 Å². The highest BCUT2D eigenvalue weighted by Gasteiger charge is 2.26. The van der Waals surface area contributed by atoms with E-state index in [0.29, 0.717) is 11.5 Å². The molecule has 1 unspecified atom stereocenters. The maximum atomic E-state index is 11.9. The van der Waals surface area contributed by atoms with Crippen molar-refractivity contribution in [1.82, 2.24) is 5.32 Å². The van der Waals surface area contributed by atoms with Gasteiger partial charge >= 0.3 is 6.18 Å². The number of benzene rings is 1. The summed E-state index contributed by atoms with van der Waals surface area (Å²) in [6.07, 6.45) is -4.54. The molecule has 0 radical (unpaired) electrons. The summed E-state index contributed by atoms with van der Waals surface area (Å²) in [5, 5.41) is 2.29. The number of hydrogen-bond acceptors (Lipinski definition) is 3. The molecule has 0 aliphatic rings. The van der Waals surface area contributed by atoms with Crippen LogP contribution in [-0.2, 0) is 0 Å². The van der Waals surface area contributed by atoms with Gasteiger partial charge in [-0.25, -0.2) is 0 Å². The Labute approximate surface area is 104 Å². The van der Waals surface area contributed by atoms with Crippen LogP contribution in [-0.4, -0.2) is 32.5 Å². The van der Waals surface area contributed by atoms with Crippen LogP contribution in [0.1, 0.15) is 6.92 Å². The summed E-state index contributed by atoms with van der Waals surface area (Å²) in [5.41, 5.74) is 0. The van der Waals surface area contributed by atoms with Gasteiger partial charge in [0.25, 0.3) is 0 Å². The largest absolute Gasteiger partial charge is 0.497 e. The number of methoxy groups -OCH3 is 1. The van der Waals surface area contributed by atoms with E-state index >= 15 is 0 Å².